The van der Waals surface area contributed by atoms with Crippen molar-refractivity contribution >= 4 is 11.9 Å². The lowest BCUT2D eigenvalue weighted by atomic mass is 9.96. The van der Waals surface area contributed by atoms with Gasteiger partial charge in [-0.2, -0.15) is 0 Å². The molecule has 0 amide bonds. The molecule has 0 saturated heterocycles. The van der Waals surface area contributed by atoms with Gasteiger partial charge in [0.05, 0.1) is 0 Å². The summed E-state index contributed by atoms with van der Waals surface area (Å²) in [5.74, 6) is -1.93. The standard InChI is InChI=1S/C29H26F2O5/c1-17(2)28(32)35-13-12-34-27-11-7-21(16-26(27)31)24-9-6-20(15-25(24)30)23-10-8-22(14-19(23)5)36-29(33)18(3)4/h6-11,14-16H,1,3,12-13H2,2,4-5H3. The van der Waals surface area contributed by atoms with Crippen LogP contribution < -0.4 is 9.47 Å². The molecule has 3 aromatic carbocycles. The van der Waals surface area contributed by atoms with Crippen LogP contribution in [-0.4, -0.2) is 25.2 Å². The number of ether oxygens (including phenoxy) is 3. The molecule has 3 rings (SSSR count). The van der Waals surface area contributed by atoms with Crippen molar-refractivity contribution in [2.24, 2.45) is 0 Å². The van der Waals surface area contributed by atoms with Crippen molar-refractivity contribution < 1.29 is 32.6 Å². The minimum Gasteiger partial charge on any atom is -0.487 e. The van der Waals surface area contributed by atoms with E-state index in [2.05, 4.69) is 13.2 Å². The van der Waals surface area contributed by atoms with Gasteiger partial charge in [0.2, 0.25) is 0 Å². The zero-order chi connectivity index (χ0) is 26.4. The highest BCUT2D eigenvalue weighted by molar-refractivity contribution is 5.89. The Morgan fingerprint density at radius 2 is 1.39 bits per heavy atom. The highest BCUT2D eigenvalue weighted by Gasteiger charge is 2.13. The van der Waals surface area contributed by atoms with E-state index in [4.69, 9.17) is 14.2 Å². The van der Waals surface area contributed by atoms with Crippen LogP contribution in [0.5, 0.6) is 11.5 Å². The van der Waals surface area contributed by atoms with Gasteiger partial charge in [0.15, 0.2) is 11.6 Å². The minimum absolute atomic E-state index is 0.0368. The van der Waals surface area contributed by atoms with Crippen molar-refractivity contribution in [1.29, 1.82) is 0 Å². The molecule has 0 N–H and O–H groups in total. The van der Waals surface area contributed by atoms with Crippen molar-refractivity contribution in [1.82, 2.24) is 0 Å². The summed E-state index contributed by atoms with van der Waals surface area (Å²) in [6, 6.07) is 13.9. The SMILES string of the molecule is C=C(C)C(=O)OCCOc1ccc(-c2ccc(-c3ccc(OC(=O)C(=C)C)cc3C)cc2F)cc1F. The molecular formula is C29H26F2O5. The van der Waals surface area contributed by atoms with Crippen molar-refractivity contribution in [3.63, 3.8) is 0 Å². The molecular weight excluding hydrogens is 466 g/mol. The molecule has 0 bridgehead atoms. The van der Waals surface area contributed by atoms with Gasteiger partial charge in [-0.25, -0.2) is 18.4 Å². The summed E-state index contributed by atoms with van der Waals surface area (Å²) in [4.78, 5) is 23.1. The fourth-order valence-corrected chi connectivity index (χ4v) is 3.33. The third kappa shape index (κ3) is 6.44. The molecule has 3 aromatic rings. The summed E-state index contributed by atoms with van der Waals surface area (Å²) in [7, 11) is 0. The van der Waals surface area contributed by atoms with E-state index in [9.17, 15) is 14.0 Å². The van der Waals surface area contributed by atoms with Crippen LogP contribution in [0.1, 0.15) is 19.4 Å². The molecule has 5 nitrogen and oxygen atoms in total. The van der Waals surface area contributed by atoms with E-state index in [1.807, 2.05) is 6.92 Å². The van der Waals surface area contributed by atoms with E-state index in [0.29, 0.717) is 16.9 Å². The smallest absolute Gasteiger partial charge is 0.338 e. The highest BCUT2D eigenvalue weighted by Crippen LogP contribution is 2.33. The molecule has 0 aromatic heterocycles. The van der Waals surface area contributed by atoms with Gasteiger partial charge in [0.1, 0.15) is 24.8 Å². The first kappa shape index (κ1) is 26.3. The van der Waals surface area contributed by atoms with Gasteiger partial charge in [-0.1, -0.05) is 37.4 Å². The lowest BCUT2D eigenvalue weighted by Crippen LogP contribution is -2.12. The van der Waals surface area contributed by atoms with Crippen molar-refractivity contribution in [3.05, 3.63) is 96.1 Å². The molecule has 0 aliphatic carbocycles. The first-order chi connectivity index (χ1) is 17.1. The molecule has 0 saturated carbocycles. The Labute approximate surface area is 208 Å². The Bertz CT molecular complexity index is 1340. The maximum Gasteiger partial charge on any atom is 0.338 e. The molecule has 0 aliphatic rings. The normalized spacial score (nSPS) is 10.5. The monoisotopic (exact) mass is 492 g/mol. The number of carbonyl (C=O) groups is 2. The van der Waals surface area contributed by atoms with Crippen LogP contribution in [0, 0.1) is 18.6 Å². The second kappa shape index (κ2) is 11.4. The zero-order valence-electron chi connectivity index (χ0n) is 20.3. The van der Waals surface area contributed by atoms with Gasteiger partial charge in [0, 0.05) is 16.7 Å². The van der Waals surface area contributed by atoms with Crippen LogP contribution in [0.3, 0.4) is 0 Å². The third-order valence-electron chi connectivity index (χ3n) is 5.20. The summed E-state index contributed by atoms with van der Waals surface area (Å²) in [5.41, 5.74) is 3.29. The van der Waals surface area contributed by atoms with Crippen LogP contribution in [-0.2, 0) is 14.3 Å². The Hall–Kier alpha value is -4.26. The largest absolute Gasteiger partial charge is 0.487 e. The number of carbonyl (C=O) groups excluding carboxylic acids is 2. The topological polar surface area (TPSA) is 61.8 Å². The molecule has 0 fully saturated rings. The predicted octanol–water partition coefficient (Wildman–Crippen LogP) is 6.59. The number of benzene rings is 3. The third-order valence-corrected chi connectivity index (χ3v) is 5.20. The lowest BCUT2D eigenvalue weighted by molar-refractivity contribution is -0.139. The molecule has 0 unspecified atom stereocenters. The Morgan fingerprint density at radius 3 is 2.00 bits per heavy atom. The van der Waals surface area contributed by atoms with Crippen molar-refractivity contribution in [2.45, 2.75) is 20.8 Å². The second-order valence-electron chi connectivity index (χ2n) is 8.25. The number of rotatable bonds is 9. The number of aryl methyl sites for hydroxylation is 1. The molecule has 0 radical (unpaired) electrons. The average Bonchev–Trinajstić information content (AvgIpc) is 2.82. The van der Waals surface area contributed by atoms with Gasteiger partial charge in [-0.05, 0) is 73.4 Å². The van der Waals surface area contributed by atoms with Gasteiger partial charge >= 0.3 is 11.9 Å². The van der Waals surface area contributed by atoms with Crippen LogP contribution in [0.2, 0.25) is 0 Å². The summed E-state index contributed by atoms with van der Waals surface area (Å²) in [6.45, 7) is 11.8. The van der Waals surface area contributed by atoms with Crippen LogP contribution in [0.25, 0.3) is 22.3 Å². The Kier molecular flexibility index (Phi) is 8.38. The van der Waals surface area contributed by atoms with Crippen molar-refractivity contribution in [2.75, 3.05) is 13.2 Å². The molecule has 0 spiro atoms. The minimum atomic E-state index is -0.669. The van der Waals surface area contributed by atoms with Crippen molar-refractivity contribution in [3.8, 4) is 33.8 Å². The van der Waals surface area contributed by atoms with E-state index in [0.717, 1.165) is 11.1 Å². The summed E-state index contributed by atoms with van der Waals surface area (Å²) < 4.78 is 45.0. The lowest BCUT2D eigenvalue weighted by Gasteiger charge is -2.12. The molecule has 0 aliphatic heterocycles. The quantitative estimate of drug-likeness (QED) is 0.146. The number of halogens is 2. The fourth-order valence-electron chi connectivity index (χ4n) is 3.33. The molecule has 0 heterocycles. The molecule has 7 heteroatoms. The highest BCUT2D eigenvalue weighted by atomic mass is 19.1. The molecule has 0 atom stereocenters. The first-order valence-corrected chi connectivity index (χ1v) is 11.1. The number of hydrogen-bond acceptors (Lipinski definition) is 5. The maximum atomic E-state index is 15.0. The molecule has 36 heavy (non-hydrogen) atoms. The number of hydrogen-bond donors (Lipinski definition) is 0. The van der Waals surface area contributed by atoms with Gasteiger partial charge in [-0.15, -0.1) is 0 Å². The summed E-state index contributed by atoms with van der Waals surface area (Å²) in [6.07, 6.45) is 0. The Balaban J connectivity index is 1.73. The van der Waals surface area contributed by atoms with E-state index < -0.39 is 23.6 Å². The zero-order valence-corrected chi connectivity index (χ0v) is 20.3. The van der Waals surface area contributed by atoms with Gasteiger partial charge in [0.25, 0.3) is 0 Å². The average molecular weight is 493 g/mol. The Morgan fingerprint density at radius 1 is 0.778 bits per heavy atom. The second-order valence-corrected chi connectivity index (χ2v) is 8.25. The van der Waals surface area contributed by atoms with Crippen LogP contribution in [0.15, 0.2) is 78.9 Å². The number of esters is 2. The summed E-state index contributed by atoms with van der Waals surface area (Å²) >= 11 is 0. The van der Waals surface area contributed by atoms with E-state index in [1.165, 1.54) is 25.1 Å². The summed E-state index contributed by atoms with van der Waals surface area (Å²) in [5, 5.41) is 0. The first-order valence-electron chi connectivity index (χ1n) is 11.1. The molecule has 186 valence electrons. The van der Waals surface area contributed by atoms with Crippen LogP contribution in [0.4, 0.5) is 8.78 Å². The maximum absolute atomic E-state index is 15.0. The predicted molar refractivity (Wildman–Crippen MR) is 134 cm³/mol. The van der Waals surface area contributed by atoms with Gasteiger partial charge < -0.3 is 14.2 Å². The van der Waals surface area contributed by atoms with Crippen LogP contribution >= 0.6 is 0 Å². The van der Waals surface area contributed by atoms with E-state index >= 15 is 4.39 Å². The fraction of sp³-hybridized carbons (Fsp3) is 0.172. The van der Waals surface area contributed by atoms with E-state index in [-0.39, 0.29) is 35.7 Å². The van der Waals surface area contributed by atoms with E-state index in [1.54, 1.807) is 43.3 Å². The van der Waals surface area contributed by atoms with Gasteiger partial charge in [-0.3, -0.25) is 0 Å².